The lowest BCUT2D eigenvalue weighted by molar-refractivity contribution is -0.140. The van der Waals surface area contributed by atoms with Gasteiger partial charge in [-0.05, 0) is 52.1 Å². The predicted octanol–water partition coefficient (Wildman–Crippen LogP) is 6.15. The topological polar surface area (TPSA) is 66.4 Å². The van der Waals surface area contributed by atoms with Crippen molar-refractivity contribution in [2.24, 2.45) is 17.0 Å². The Bertz CT molecular complexity index is 625. The highest BCUT2D eigenvalue weighted by Gasteiger charge is 2.42. The summed E-state index contributed by atoms with van der Waals surface area (Å²) >= 11 is 0. The normalized spacial score (nSPS) is 24.3. The third-order valence-corrected chi connectivity index (χ3v) is 7.50. The Morgan fingerprint density at radius 2 is 1.81 bits per heavy atom. The summed E-state index contributed by atoms with van der Waals surface area (Å²) < 4.78 is 18.0. The SMILES string of the molecule is CCCCC[C@@H](/C=C/[C@H]1[C@H](O[Si](C)(C)C)C/C(=N/OC)[C@@H]1CCC(=O)OC)O[Si](C)(C)C. The molecule has 0 N–H and O–H groups in total. The van der Waals surface area contributed by atoms with Gasteiger partial charge < -0.3 is 18.4 Å². The summed E-state index contributed by atoms with van der Waals surface area (Å²) in [6.45, 7) is 15.6. The lowest BCUT2D eigenvalue weighted by Crippen LogP contribution is -2.35. The van der Waals surface area contributed by atoms with Crippen molar-refractivity contribution in [3.63, 3.8) is 0 Å². The van der Waals surface area contributed by atoms with E-state index in [4.69, 9.17) is 18.4 Å². The molecular formula is C24H47NO5Si2. The van der Waals surface area contributed by atoms with E-state index < -0.39 is 16.6 Å². The van der Waals surface area contributed by atoms with Gasteiger partial charge in [-0.15, -0.1) is 0 Å². The molecule has 0 aromatic rings. The summed E-state index contributed by atoms with van der Waals surface area (Å²) in [7, 11) is -0.424. The van der Waals surface area contributed by atoms with Crippen LogP contribution in [0, 0.1) is 11.8 Å². The minimum Gasteiger partial charge on any atom is -0.469 e. The van der Waals surface area contributed by atoms with Crippen molar-refractivity contribution in [2.45, 2.75) is 103 Å². The second-order valence-corrected chi connectivity index (χ2v) is 19.6. The van der Waals surface area contributed by atoms with Crippen LogP contribution in [0.1, 0.15) is 51.9 Å². The summed E-state index contributed by atoms with van der Waals surface area (Å²) in [5.74, 6) is 0.0348. The fraction of sp³-hybridized carbons (Fsp3) is 0.833. The van der Waals surface area contributed by atoms with E-state index in [1.54, 1.807) is 7.11 Å². The van der Waals surface area contributed by atoms with Gasteiger partial charge in [-0.3, -0.25) is 4.79 Å². The average Bonchev–Trinajstić information content (AvgIpc) is 2.97. The molecule has 0 aliphatic heterocycles. The molecule has 1 rings (SSSR count). The molecule has 0 saturated heterocycles. The van der Waals surface area contributed by atoms with Gasteiger partial charge in [0, 0.05) is 24.7 Å². The number of hydrogen-bond donors (Lipinski definition) is 0. The number of hydrogen-bond acceptors (Lipinski definition) is 6. The van der Waals surface area contributed by atoms with Gasteiger partial charge in [0.2, 0.25) is 0 Å². The number of methoxy groups -OCH3 is 1. The average molecular weight is 486 g/mol. The molecule has 0 heterocycles. The Kier molecular flexibility index (Phi) is 12.4. The van der Waals surface area contributed by atoms with Gasteiger partial charge in [-0.2, -0.15) is 0 Å². The first-order chi connectivity index (χ1) is 14.9. The number of carbonyl (C=O) groups is 1. The first-order valence-corrected chi connectivity index (χ1v) is 18.9. The van der Waals surface area contributed by atoms with Crippen molar-refractivity contribution in [3.8, 4) is 0 Å². The van der Waals surface area contributed by atoms with Crippen molar-refractivity contribution < 1.29 is 23.2 Å². The summed E-state index contributed by atoms with van der Waals surface area (Å²) in [5, 5.41) is 4.33. The zero-order valence-corrected chi connectivity index (χ0v) is 23.9. The maximum Gasteiger partial charge on any atom is 0.305 e. The molecule has 1 fully saturated rings. The van der Waals surface area contributed by atoms with E-state index in [1.807, 2.05) is 0 Å². The number of oxime groups is 1. The minimum absolute atomic E-state index is 0.0395. The van der Waals surface area contributed by atoms with Crippen LogP contribution in [-0.4, -0.2) is 54.7 Å². The summed E-state index contributed by atoms with van der Waals surface area (Å²) in [6.07, 6.45) is 11.1. The van der Waals surface area contributed by atoms with E-state index in [9.17, 15) is 4.79 Å². The molecule has 4 atom stereocenters. The highest BCUT2D eigenvalue weighted by molar-refractivity contribution is 6.70. The molecule has 0 unspecified atom stereocenters. The second-order valence-electron chi connectivity index (χ2n) is 10.7. The predicted molar refractivity (Wildman–Crippen MR) is 137 cm³/mol. The Labute approximate surface area is 198 Å². The largest absolute Gasteiger partial charge is 0.469 e. The number of rotatable bonds is 14. The lowest BCUT2D eigenvalue weighted by Gasteiger charge is -2.29. The van der Waals surface area contributed by atoms with E-state index in [0.29, 0.717) is 12.8 Å². The molecule has 1 aliphatic carbocycles. The van der Waals surface area contributed by atoms with E-state index in [0.717, 1.165) is 25.0 Å². The van der Waals surface area contributed by atoms with E-state index in [2.05, 4.69) is 63.5 Å². The van der Waals surface area contributed by atoms with Crippen molar-refractivity contribution in [1.29, 1.82) is 0 Å². The summed E-state index contributed by atoms with van der Waals surface area (Å²) in [5.41, 5.74) is 0.975. The Hall–Kier alpha value is -0.966. The van der Waals surface area contributed by atoms with Gasteiger partial charge >= 0.3 is 5.97 Å². The van der Waals surface area contributed by atoms with Crippen molar-refractivity contribution in [3.05, 3.63) is 12.2 Å². The number of nitrogens with zero attached hydrogens (tertiary/aromatic N) is 1. The van der Waals surface area contributed by atoms with E-state index in [-0.39, 0.29) is 30.0 Å². The van der Waals surface area contributed by atoms with Crippen molar-refractivity contribution in [2.75, 3.05) is 14.2 Å². The molecule has 186 valence electrons. The van der Waals surface area contributed by atoms with Crippen LogP contribution < -0.4 is 0 Å². The highest BCUT2D eigenvalue weighted by atomic mass is 28.4. The molecular weight excluding hydrogens is 438 g/mol. The Morgan fingerprint density at radius 1 is 1.12 bits per heavy atom. The molecule has 8 heteroatoms. The van der Waals surface area contributed by atoms with Crippen LogP contribution >= 0.6 is 0 Å². The molecule has 6 nitrogen and oxygen atoms in total. The van der Waals surface area contributed by atoms with Gasteiger partial charge in [0.15, 0.2) is 16.6 Å². The van der Waals surface area contributed by atoms with Crippen molar-refractivity contribution in [1.82, 2.24) is 0 Å². The molecule has 0 bridgehead atoms. The van der Waals surface area contributed by atoms with Crippen molar-refractivity contribution >= 4 is 28.3 Å². The molecule has 32 heavy (non-hydrogen) atoms. The molecule has 0 amide bonds. The second kappa shape index (κ2) is 13.7. The monoisotopic (exact) mass is 485 g/mol. The molecule has 0 spiro atoms. The van der Waals surface area contributed by atoms with Gasteiger partial charge in [0.25, 0.3) is 0 Å². The zero-order valence-electron chi connectivity index (χ0n) is 21.9. The fourth-order valence-corrected chi connectivity index (χ4v) is 6.51. The van der Waals surface area contributed by atoms with E-state index in [1.165, 1.54) is 20.0 Å². The smallest absolute Gasteiger partial charge is 0.305 e. The van der Waals surface area contributed by atoms with Crippen LogP contribution in [0.15, 0.2) is 17.3 Å². The van der Waals surface area contributed by atoms with Crippen LogP contribution in [0.2, 0.25) is 39.3 Å². The maximum atomic E-state index is 11.9. The summed E-state index contributed by atoms with van der Waals surface area (Å²) in [4.78, 5) is 17.0. The fourth-order valence-electron chi connectivity index (χ4n) is 4.26. The quantitative estimate of drug-likeness (QED) is 0.0969. The highest BCUT2D eigenvalue weighted by Crippen LogP contribution is 2.38. The van der Waals surface area contributed by atoms with Gasteiger partial charge in [-0.1, -0.05) is 43.5 Å². The third kappa shape index (κ3) is 11.3. The molecule has 0 aromatic carbocycles. The van der Waals surface area contributed by atoms with Gasteiger partial charge in [0.05, 0.1) is 25.0 Å². The van der Waals surface area contributed by atoms with Crippen LogP contribution in [0.3, 0.4) is 0 Å². The zero-order chi connectivity index (χ0) is 24.4. The van der Waals surface area contributed by atoms with E-state index >= 15 is 0 Å². The third-order valence-electron chi connectivity index (χ3n) is 5.48. The lowest BCUT2D eigenvalue weighted by atomic mass is 9.89. The molecule has 1 aliphatic rings. The van der Waals surface area contributed by atoms with Gasteiger partial charge in [-0.25, -0.2) is 0 Å². The van der Waals surface area contributed by atoms with Crippen LogP contribution in [0.4, 0.5) is 0 Å². The number of ether oxygens (including phenoxy) is 1. The minimum atomic E-state index is -1.76. The maximum absolute atomic E-state index is 11.9. The Balaban J connectivity index is 3.18. The number of esters is 1. The Morgan fingerprint density at radius 3 is 2.34 bits per heavy atom. The number of carbonyl (C=O) groups excluding carboxylic acids is 1. The standard InChI is InChI=1S/C24H47NO5Si2/c1-10-11-12-13-19(29-31(4,5)6)14-15-21-20(16-17-24(26)27-2)22(25-28-3)18-23(21)30-32(7,8)9/h14-15,19-21,23H,10-13,16-18H2,1-9H3/b15-14+,25-22-/t19-,20+,21+,23+/m0/s1. The first-order valence-electron chi connectivity index (χ1n) is 12.1. The van der Waals surface area contributed by atoms with Crippen LogP contribution in [0.25, 0.3) is 0 Å². The van der Waals surface area contributed by atoms with Crippen LogP contribution in [-0.2, 0) is 23.2 Å². The van der Waals surface area contributed by atoms with Crippen LogP contribution in [0.5, 0.6) is 0 Å². The molecule has 0 radical (unpaired) electrons. The number of unbranched alkanes of at least 4 members (excludes halogenated alkanes) is 2. The first kappa shape index (κ1) is 29.1. The molecule has 1 saturated carbocycles. The summed E-state index contributed by atoms with van der Waals surface area (Å²) in [6, 6.07) is 0. The molecule has 0 aromatic heterocycles. The van der Waals surface area contributed by atoms with Gasteiger partial charge in [0.1, 0.15) is 7.11 Å².